The Balaban J connectivity index is 1.82. The lowest BCUT2D eigenvalue weighted by Gasteiger charge is -2.13. The molecule has 3 N–H and O–H groups in total. The first kappa shape index (κ1) is 13.5. The van der Waals surface area contributed by atoms with E-state index in [1.807, 2.05) is 54.5 Å². The minimum absolute atomic E-state index is 0.0645. The van der Waals surface area contributed by atoms with Crippen molar-refractivity contribution < 1.29 is 0 Å². The minimum atomic E-state index is -0.0645. The molecule has 0 fully saturated rings. The lowest BCUT2D eigenvalue weighted by Crippen LogP contribution is -2.30. The van der Waals surface area contributed by atoms with Gasteiger partial charge in [-0.3, -0.25) is 16.0 Å². The molecule has 1 unspecified atom stereocenters. The summed E-state index contributed by atoms with van der Waals surface area (Å²) < 4.78 is 3.57. The van der Waals surface area contributed by atoms with Crippen molar-refractivity contribution in [3.05, 3.63) is 60.4 Å². The van der Waals surface area contributed by atoms with Crippen molar-refractivity contribution >= 4 is 0 Å². The Hall–Kier alpha value is -2.51. The van der Waals surface area contributed by atoms with E-state index >= 15 is 0 Å². The zero-order chi connectivity index (χ0) is 14.7. The number of nitrogens with zero attached hydrogens (tertiary/aromatic N) is 5. The van der Waals surface area contributed by atoms with Gasteiger partial charge in [0.1, 0.15) is 12.2 Å². The first-order chi connectivity index (χ1) is 10.3. The van der Waals surface area contributed by atoms with Crippen molar-refractivity contribution in [1.29, 1.82) is 0 Å². The Kier molecular flexibility index (Phi) is 3.76. The number of aromatic nitrogens is 5. The van der Waals surface area contributed by atoms with E-state index in [-0.39, 0.29) is 6.04 Å². The van der Waals surface area contributed by atoms with Crippen molar-refractivity contribution in [2.45, 2.75) is 12.5 Å². The van der Waals surface area contributed by atoms with Gasteiger partial charge in [0.15, 0.2) is 0 Å². The average Bonchev–Trinajstić information content (AvgIpc) is 3.15. The third-order valence-electron chi connectivity index (χ3n) is 3.42. The number of para-hydroxylation sites is 1. The number of benzene rings is 1. The molecule has 108 valence electrons. The van der Waals surface area contributed by atoms with Gasteiger partial charge in [-0.1, -0.05) is 18.2 Å². The molecule has 0 amide bonds. The van der Waals surface area contributed by atoms with E-state index in [1.165, 1.54) is 6.33 Å². The lowest BCUT2D eigenvalue weighted by molar-refractivity contribution is 0.523. The molecule has 0 saturated carbocycles. The molecular formula is C14H17N7. The molecule has 7 nitrogen and oxygen atoms in total. The van der Waals surface area contributed by atoms with Gasteiger partial charge in [-0.25, -0.2) is 9.67 Å². The molecule has 0 saturated heterocycles. The number of rotatable bonds is 5. The second-order valence-corrected chi connectivity index (χ2v) is 4.78. The highest BCUT2D eigenvalue weighted by molar-refractivity contribution is 5.31. The summed E-state index contributed by atoms with van der Waals surface area (Å²) in [6, 6.07) is 9.88. The molecule has 0 spiro atoms. The molecule has 0 aliphatic carbocycles. The standard InChI is InChI=1S/C14H17N7/c1-20-14(16-10-18-20)7-13(19-15)11-8-17-21(9-11)12-5-3-2-4-6-12/h2-6,8-10,13,19H,7,15H2,1H3. The van der Waals surface area contributed by atoms with Gasteiger partial charge in [-0.2, -0.15) is 10.2 Å². The highest BCUT2D eigenvalue weighted by Gasteiger charge is 2.15. The molecule has 3 aromatic rings. The predicted octanol–water partition coefficient (Wildman–Crippen LogP) is 0.748. The van der Waals surface area contributed by atoms with Crippen molar-refractivity contribution in [3.8, 4) is 5.69 Å². The first-order valence-corrected chi connectivity index (χ1v) is 6.67. The largest absolute Gasteiger partial charge is 0.271 e. The summed E-state index contributed by atoms with van der Waals surface area (Å²) in [6.45, 7) is 0. The zero-order valence-corrected chi connectivity index (χ0v) is 11.7. The van der Waals surface area contributed by atoms with Gasteiger partial charge in [-0.05, 0) is 12.1 Å². The van der Waals surface area contributed by atoms with Crippen LogP contribution in [0.1, 0.15) is 17.4 Å². The molecule has 1 aromatic carbocycles. The van der Waals surface area contributed by atoms with Crippen LogP contribution < -0.4 is 11.3 Å². The van der Waals surface area contributed by atoms with Gasteiger partial charge in [-0.15, -0.1) is 0 Å². The normalized spacial score (nSPS) is 12.5. The maximum Gasteiger partial charge on any atom is 0.138 e. The Labute approximate surface area is 122 Å². The summed E-state index contributed by atoms with van der Waals surface area (Å²) in [7, 11) is 1.86. The summed E-state index contributed by atoms with van der Waals surface area (Å²) in [4.78, 5) is 4.22. The van der Waals surface area contributed by atoms with Gasteiger partial charge in [0, 0.05) is 25.2 Å². The molecular weight excluding hydrogens is 266 g/mol. The highest BCUT2D eigenvalue weighted by Crippen LogP contribution is 2.17. The fraction of sp³-hybridized carbons (Fsp3) is 0.214. The van der Waals surface area contributed by atoms with Crippen molar-refractivity contribution in [2.75, 3.05) is 0 Å². The number of aryl methyl sites for hydroxylation is 1. The molecule has 21 heavy (non-hydrogen) atoms. The molecule has 0 radical (unpaired) electrons. The van der Waals surface area contributed by atoms with Crippen LogP contribution in [0, 0.1) is 0 Å². The van der Waals surface area contributed by atoms with Gasteiger partial charge < -0.3 is 0 Å². The molecule has 2 aromatic heterocycles. The van der Waals surface area contributed by atoms with E-state index in [0.29, 0.717) is 6.42 Å². The third-order valence-corrected chi connectivity index (χ3v) is 3.42. The molecule has 2 heterocycles. The van der Waals surface area contributed by atoms with Gasteiger partial charge in [0.05, 0.1) is 17.9 Å². The van der Waals surface area contributed by atoms with E-state index in [9.17, 15) is 0 Å². The maximum atomic E-state index is 5.67. The number of hydrogen-bond acceptors (Lipinski definition) is 5. The van der Waals surface area contributed by atoms with E-state index < -0.39 is 0 Å². The van der Waals surface area contributed by atoms with E-state index in [2.05, 4.69) is 20.6 Å². The Morgan fingerprint density at radius 1 is 1.24 bits per heavy atom. The van der Waals surface area contributed by atoms with Crippen LogP contribution in [-0.2, 0) is 13.5 Å². The number of hydrogen-bond donors (Lipinski definition) is 2. The monoisotopic (exact) mass is 283 g/mol. The van der Waals surface area contributed by atoms with Crippen molar-refractivity contribution in [1.82, 2.24) is 30.0 Å². The number of hydrazine groups is 1. The molecule has 0 bridgehead atoms. The quantitative estimate of drug-likeness (QED) is 0.533. The van der Waals surface area contributed by atoms with Crippen LogP contribution >= 0.6 is 0 Å². The van der Waals surface area contributed by atoms with E-state index in [4.69, 9.17) is 5.84 Å². The van der Waals surface area contributed by atoms with Crippen LogP contribution in [0.3, 0.4) is 0 Å². The first-order valence-electron chi connectivity index (χ1n) is 6.67. The van der Waals surface area contributed by atoms with Crippen LogP contribution in [-0.4, -0.2) is 24.5 Å². The van der Waals surface area contributed by atoms with Crippen LogP contribution in [0.15, 0.2) is 49.1 Å². The van der Waals surface area contributed by atoms with Gasteiger partial charge in [0.25, 0.3) is 0 Å². The van der Waals surface area contributed by atoms with Crippen molar-refractivity contribution in [3.63, 3.8) is 0 Å². The average molecular weight is 283 g/mol. The van der Waals surface area contributed by atoms with Crippen LogP contribution in [0.4, 0.5) is 0 Å². The fourth-order valence-electron chi connectivity index (χ4n) is 2.20. The Morgan fingerprint density at radius 2 is 2.05 bits per heavy atom. The minimum Gasteiger partial charge on any atom is -0.271 e. The maximum absolute atomic E-state index is 5.67. The lowest BCUT2D eigenvalue weighted by atomic mass is 10.1. The molecule has 0 aliphatic heterocycles. The third kappa shape index (κ3) is 2.83. The summed E-state index contributed by atoms with van der Waals surface area (Å²) in [5, 5.41) is 8.45. The highest BCUT2D eigenvalue weighted by atomic mass is 15.3. The number of nitrogens with two attached hydrogens (primary N) is 1. The van der Waals surface area contributed by atoms with E-state index in [0.717, 1.165) is 17.1 Å². The summed E-state index contributed by atoms with van der Waals surface area (Å²) in [5.41, 5.74) is 4.83. The molecule has 1 atom stereocenters. The Bertz CT molecular complexity index is 701. The van der Waals surface area contributed by atoms with Gasteiger partial charge >= 0.3 is 0 Å². The molecule has 7 heteroatoms. The summed E-state index contributed by atoms with van der Waals surface area (Å²) in [5.74, 6) is 6.54. The predicted molar refractivity (Wildman–Crippen MR) is 78.3 cm³/mol. The van der Waals surface area contributed by atoms with Crippen molar-refractivity contribution in [2.24, 2.45) is 12.9 Å². The second-order valence-electron chi connectivity index (χ2n) is 4.78. The number of nitrogens with one attached hydrogen (secondary N) is 1. The van der Waals surface area contributed by atoms with Crippen LogP contribution in [0.25, 0.3) is 5.69 Å². The van der Waals surface area contributed by atoms with Crippen LogP contribution in [0.5, 0.6) is 0 Å². The fourth-order valence-corrected chi connectivity index (χ4v) is 2.20. The SMILES string of the molecule is Cn1ncnc1CC(NN)c1cnn(-c2ccccc2)c1. The second kappa shape index (κ2) is 5.86. The smallest absolute Gasteiger partial charge is 0.138 e. The topological polar surface area (TPSA) is 86.6 Å². The zero-order valence-electron chi connectivity index (χ0n) is 11.7. The molecule has 0 aliphatic rings. The van der Waals surface area contributed by atoms with E-state index in [1.54, 1.807) is 4.68 Å². The summed E-state index contributed by atoms with van der Waals surface area (Å²) in [6.07, 6.45) is 5.97. The van der Waals surface area contributed by atoms with Gasteiger partial charge in [0.2, 0.25) is 0 Å². The Morgan fingerprint density at radius 3 is 2.71 bits per heavy atom. The van der Waals surface area contributed by atoms with Crippen LogP contribution in [0.2, 0.25) is 0 Å². The molecule has 3 rings (SSSR count). The summed E-state index contributed by atoms with van der Waals surface area (Å²) >= 11 is 0.